The Hall–Kier alpha value is -3.14. The third-order valence-corrected chi connectivity index (χ3v) is 7.22. The Kier molecular flexibility index (Phi) is 6.63. The first-order chi connectivity index (χ1) is 17.2. The first-order valence-corrected chi connectivity index (χ1v) is 12.7. The molecule has 0 spiro atoms. The van der Waals surface area contributed by atoms with Crippen molar-refractivity contribution in [3.63, 3.8) is 0 Å². The molecule has 3 aliphatic heterocycles. The largest absolute Gasteiger partial charge is 0.444 e. The fourth-order valence-corrected chi connectivity index (χ4v) is 5.47. The lowest BCUT2D eigenvalue weighted by Crippen LogP contribution is -2.54. The molecule has 0 bridgehead atoms. The minimum atomic E-state index is -0.549. The van der Waals surface area contributed by atoms with Crippen molar-refractivity contribution in [2.24, 2.45) is 11.8 Å². The van der Waals surface area contributed by atoms with Crippen LogP contribution >= 0.6 is 0 Å². The van der Waals surface area contributed by atoms with Crippen LogP contribution in [0.5, 0.6) is 0 Å². The van der Waals surface area contributed by atoms with Crippen molar-refractivity contribution in [2.75, 3.05) is 31.6 Å². The molecule has 3 aliphatic rings. The van der Waals surface area contributed by atoms with Gasteiger partial charge in [-0.15, -0.1) is 0 Å². The third-order valence-electron chi connectivity index (χ3n) is 7.22. The number of nitrogens with zero attached hydrogens (tertiary/aromatic N) is 3. The van der Waals surface area contributed by atoms with Crippen molar-refractivity contribution in [1.29, 1.82) is 0 Å². The summed E-state index contributed by atoms with van der Waals surface area (Å²) >= 11 is 0. The molecule has 3 saturated heterocycles. The van der Waals surface area contributed by atoms with Crippen LogP contribution in [-0.2, 0) is 19.1 Å². The second-order valence-electron chi connectivity index (χ2n) is 11.1. The minimum absolute atomic E-state index is 0.00160. The number of nitrogens with one attached hydrogen (secondary N) is 1. The Bertz CT molecular complexity index is 1140. The van der Waals surface area contributed by atoms with Crippen LogP contribution in [0.2, 0.25) is 0 Å². The van der Waals surface area contributed by atoms with Gasteiger partial charge in [0.1, 0.15) is 5.60 Å². The van der Waals surface area contributed by atoms with Crippen LogP contribution in [0.15, 0.2) is 28.9 Å². The molecule has 1 aromatic carbocycles. The van der Waals surface area contributed by atoms with E-state index in [0.29, 0.717) is 50.4 Å². The monoisotopic (exact) mass is 498 g/mol. The number of hydrogen-bond acceptors (Lipinski definition) is 7. The van der Waals surface area contributed by atoms with Gasteiger partial charge < -0.3 is 29.1 Å². The Morgan fingerprint density at radius 2 is 2.03 bits per heavy atom. The van der Waals surface area contributed by atoms with Crippen LogP contribution in [0.4, 0.5) is 10.5 Å². The maximum absolute atomic E-state index is 13.4. The predicted molar refractivity (Wildman–Crippen MR) is 131 cm³/mol. The topological polar surface area (TPSA) is 114 Å². The molecule has 0 radical (unpaired) electrons. The molecule has 3 amide bonds. The van der Waals surface area contributed by atoms with Crippen molar-refractivity contribution in [1.82, 2.24) is 15.0 Å². The number of fused-ring (bicyclic) bond motifs is 2. The number of anilines is 1. The molecule has 194 valence electrons. The molecule has 10 nitrogen and oxygen atoms in total. The summed E-state index contributed by atoms with van der Waals surface area (Å²) in [5.41, 5.74) is 0.769. The SMILES string of the molecule is CC(C)(C)OC(=O)N1CC[C@@H](CC(=O)N2CC(C(=O)Nc3ccc4oncc4c3)CC3OCCC32)C1. The molecule has 3 fully saturated rings. The van der Waals surface area contributed by atoms with Crippen LogP contribution < -0.4 is 5.32 Å². The molecule has 4 atom stereocenters. The van der Waals surface area contributed by atoms with E-state index in [9.17, 15) is 14.4 Å². The summed E-state index contributed by atoms with van der Waals surface area (Å²) in [4.78, 5) is 42.5. The Morgan fingerprint density at radius 3 is 2.83 bits per heavy atom. The number of amides is 3. The van der Waals surface area contributed by atoms with E-state index >= 15 is 0 Å². The first kappa shape index (κ1) is 24.5. The summed E-state index contributed by atoms with van der Waals surface area (Å²) in [5, 5.41) is 7.56. The van der Waals surface area contributed by atoms with Crippen LogP contribution in [-0.4, -0.2) is 76.9 Å². The van der Waals surface area contributed by atoms with Gasteiger partial charge in [0.05, 0.1) is 24.3 Å². The number of carbonyl (C=O) groups is 3. The average Bonchev–Trinajstić information content (AvgIpc) is 3.57. The molecular formula is C26H34N4O6. The van der Waals surface area contributed by atoms with Crippen molar-refractivity contribution in [2.45, 2.75) is 64.2 Å². The number of ether oxygens (including phenoxy) is 2. The van der Waals surface area contributed by atoms with Gasteiger partial charge in [0.25, 0.3) is 0 Å². The zero-order valence-corrected chi connectivity index (χ0v) is 21.1. The molecule has 1 aromatic heterocycles. The minimum Gasteiger partial charge on any atom is -0.444 e. The molecule has 36 heavy (non-hydrogen) atoms. The molecule has 3 unspecified atom stereocenters. The summed E-state index contributed by atoms with van der Waals surface area (Å²) in [7, 11) is 0. The van der Waals surface area contributed by atoms with Gasteiger partial charge in [0.2, 0.25) is 11.8 Å². The highest BCUT2D eigenvalue weighted by atomic mass is 16.6. The predicted octanol–water partition coefficient (Wildman–Crippen LogP) is 3.42. The van der Waals surface area contributed by atoms with E-state index in [1.165, 1.54) is 0 Å². The highest BCUT2D eigenvalue weighted by Gasteiger charge is 2.44. The average molecular weight is 499 g/mol. The summed E-state index contributed by atoms with van der Waals surface area (Å²) < 4.78 is 16.5. The fourth-order valence-electron chi connectivity index (χ4n) is 5.47. The van der Waals surface area contributed by atoms with E-state index in [1.54, 1.807) is 23.2 Å². The van der Waals surface area contributed by atoms with E-state index in [1.807, 2.05) is 31.7 Å². The number of likely N-dealkylation sites (tertiary alicyclic amines) is 2. The zero-order chi connectivity index (χ0) is 25.4. The van der Waals surface area contributed by atoms with Crippen molar-refractivity contribution in [3.8, 4) is 0 Å². The van der Waals surface area contributed by atoms with Gasteiger partial charge in [-0.2, -0.15) is 0 Å². The van der Waals surface area contributed by atoms with Gasteiger partial charge in [-0.05, 0) is 64.2 Å². The van der Waals surface area contributed by atoms with Crippen LogP contribution in [0.25, 0.3) is 11.0 Å². The second-order valence-corrected chi connectivity index (χ2v) is 11.1. The van der Waals surface area contributed by atoms with E-state index in [-0.39, 0.29) is 41.9 Å². The highest BCUT2D eigenvalue weighted by Crippen LogP contribution is 2.34. The molecule has 1 N–H and O–H groups in total. The number of rotatable bonds is 4. The molecule has 2 aromatic rings. The Balaban J connectivity index is 1.21. The molecular weight excluding hydrogens is 464 g/mol. The summed E-state index contributed by atoms with van der Waals surface area (Å²) in [6.45, 7) is 7.59. The van der Waals surface area contributed by atoms with Crippen molar-refractivity contribution >= 4 is 34.6 Å². The summed E-state index contributed by atoms with van der Waals surface area (Å²) in [6, 6.07) is 5.37. The van der Waals surface area contributed by atoms with Gasteiger partial charge in [0.15, 0.2) is 5.58 Å². The standard InChI is InChI=1S/C26H34N4O6/c1-26(2,3)35-25(33)29-8-6-16(14-29)10-23(31)30-15-18(12-22-20(30)7-9-34-22)24(32)28-19-4-5-21-17(11-19)13-27-36-21/h4-5,11,13,16,18,20,22H,6-10,12,14-15H2,1-3H3,(H,28,32)/t16-,18?,20?,22?/m0/s1. The molecule has 10 heteroatoms. The van der Waals surface area contributed by atoms with Gasteiger partial charge in [-0.25, -0.2) is 4.79 Å². The number of piperidine rings is 1. The lowest BCUT2D eigenvalue weighted by atomic mass is 9.88. The normalized spacial score (nSPS) is 26.2. The lowest BCUT2D eigenvalue weighted by Gasteiger charge is -2.40. The maximum Gasteiger partial charge on any atom is 0.410 e. The number of carbonyl (C=O) groups excluding carboxylic acids is 3. The Labute approximate surface area is 210 Å². The van der Waals surface area contributed by atoms with Gasteiger partial charge in [-0.1, -0.05) is 5.16 Å². The van der Waals surface area contributed by atoms with Gasteiger partial charge in [0, 0.05) is 43.7 Å². The number of benzene rings is 1. The summed E-state index contributed by atoms with van der Waals surface area (Å²) in [6.07, 6.45) is 3.62. The summed E-state index contributed by atoms with van der Waals surface area (Å²) in [5.74, 6) is -0.395. The third kappa shape index (κ3) is 5.33. The van der Waals surface area contributed by atoms with E-state index in [4.69, 9.17) is 14.0 Å². The number of hydrogen-bond donors (Lipinski definition) is 1. The second kappa shape index (κ2) is 9.72. The zero-order valence-electron chi connectivity index (χ0n) is 21.1. The van der Waals surface area contributed by atoms with Crippen LogP contribution in [0.1, 0.15) is 46.5 Å². The first-order valence-electron chi connectivity index (χ1n) is 12.7. The van der Waals surface area contributed by atoms with Gasteiger partial charge in [-0.3, -0.25) is 9.59 Å². The maximum atomic E-state index is 13.4. The van der Waals surface area contributed by atoms with Crippen LogP contribution in [0, 0.1) is 11.8 Å². The molecule has 0 saturated carbocycles. The van der Waals surface area contributed by atoms with E-state index < -0.39 is 5.60 Å². The van der Waals surface area contributed by atoms with Crippen molar-refractivity contribution < 1.29 is 28.4 Å². The Morgan fingerprint density at radius 1 is 1.19 bits per heavy atom. The fraction of sp³-hybridized carbons (Fsp3) is 0.615. The quantitative estimate of drug-likeness (QED) is 0.687. The van der Waals surface area contributed by atoms with Gasteiger partial charge >= 0.3 is 6.09 Å². The number of aromatic nitrogens is 1. The van der Waals surface area contributed by atoms with Crippen molar-refractivity contribution in [3.05, 3.63) is 24.4 Å². The molecule has 5 rings (SSSR count). The van der Waals surface area contributed by atoms with Crippen LogP contribution in [0.3, 0.4) is 0 Å². The van der Waals surface area contributed by atoms with E-state index in [2.05, 4.69) is 10.5 Å². The lowest BCUT2D eigenvalue weighted by molar-refractivity contribution is -0.141. The van der Waals surface area contributed by atoms with E-state index in [0.717, 1.165) is 18.2 Å². The molecule has 0 aliphatic carbocycles. The smallest absolute Gasteiger partial charge is 0.410 e. The molecule has 4 heterocycles. The highest BCUT2D eigenvalue weighted by molar-refractivity contribution is 5.95.